The smallest absolute Gasteiger partial charge is 0.256 e. The van der Waals surface area contributed by atoms with Gasteiger partial charge in [0.15, 0.2) is 5.11 Å². The van der Waals surface area contributed by atoms with E-state index < -0.39 is 5.54 Å². The molecule has 2 aliphatic rings. The number of likely N-dealkylation sites (tertiary alicyclic amines) is 1. The summed E-state index contributed by atoms with van der Waals surface area (Å²) in [7, 11) is 4.13. The molecule has 2 saturated heterocycles. The van der Waals surface area contributed by atoms with Crippen LogP contribution >= 0.6 is 12.2 Å². The minimum atomic E-state index is -0.647. The molecule has 1 amide bonds. The molecule has 6 heteroatoms. The zero-order chi connectivity index (χ0) is 17.1. The zero-order valence-electron chi connectivity index (χ0n) is 14.2. The van der Waals surface area contributed by atoms with E-state index in [9.17, 15) is 4.79 Å². The predicted octanol–water partition coefficient (Wildman–Crippen LogP) is 1.68. The van der Waals surface area contributed by atoms with Crippen molar-refractivity contribution < 1.29 is 4.79 Å². The van der Waals surface area contributed by atoms with E-state index in [1.807, 2.05) is 6.92 Å². The number of hydrogen-bond donors (Lipinski definition) is 1. The number of carbonyl (C=O) groups is 1. The summed E-state index contributed by atoms with van der Waals surface area (Å²) >= 11 is 5.44. The molecule has 1 N–H and O–H groups in total. The maximum atomic E-state index is 13.2. The fraction of sp³-hybridized carbons (Fsp3) is 0.444. The number of nitrogens with one attached hydrogen (secondary N) is 1. The molecule has 2 atom stereocenters. The Balaban J connectivity index is 1.87. The highest BCUT2D eigenvalue weighted by atomic mass is 32.1. The van der Waals surface area contributed by atoms with Crippen molar-refractivity contribution in [1.29, 1.82) is 0 Å². The summed E-state index contributed by atoms with van der Waals surface area (Å²) in [6.45, 7) is 4.10. The van der Waals surface area contributed by atoms with E-state index in [4.69, 9.17) is 12.2 Å². The Morgan fingerprint density at radius 2 is 2.08 bits per heavy atom. The lowest BCUT2D eigenvalue weighted by Crippen LogP contribution is -2.52. The molecule has 0 radical (unpaired) electrons. The second kappa shape index (κ2) is 5.29. The van der Waals surface area contributed by atoms with Gasteiger partial charge in [-0.05, 0) is 37.8 Å². The number of nitrogens with zero attached hydrogens (tertiary/aromatic N) is 3. The highest BCUT2D eigenvalue weighted by molar-refractivity contribution is 7.80. The number of likely N-dealkylation sites (N-methyl/N-ethyl adjacent to an activating group) is 2. The second-order valence-corrected chi connectivity index (χ2v) is 7.30. The number of fused-ring (bicyclic) bond motifs is 1. The van der Waals surface area contributed by atoms with Crippen LogP contribution in [-0.4, -0.2) is 57.6 Å². The van der Waals surface area contributed by atoms with Crippen LogP contribution in [0.2, 0.25) is 0 Å². The quantitative estimate of drug-likeness (QED) is 0.843. The van der Waals surface area contributed by atoms with Crippen LogP contribution < -0.4 is 5.32 Å². The molecule has 0 saturated carbocycles. The van der Waals surface area contributed by atoms with E-state index in [1.54, 1.807) is 4.90 Å². The Labute approximate surface area is 147 Å². The third-order valence-electron chi connectivity index (χ3n) is 5.43. The van der Waals surface area contributed by atoms with Crippen molar-refractivity contribution in [2.45, 2.75) is 18.4 Å². The van der Waals surface area contributed by atoms with Crippen molar-refractivity contribution in [3.05, 3.63) is 36.0 Å². The molecule has 2 aliphatic heterocycles. The van der Waals surface area contributed by atoms with Gasteiger partial charge in [-0.3, -0.25) is 9.69 Å². The summed E-state index contributed by atoms with van der Waals surface area (Å²) in [5, 5.41) is 5.17. The van der Waals surface area contributed by atoms with E-state index in [-0.39, 0.29) is 11.8 Å². The lowest BCUT2D eigenvalue weighted by Gasteiger charge is -2.28. The molecule has 1 aromatic carbocycles. The molecule has 2 aromatic rings. The van der Waals surface area contributed by atoms with Gasteiger partial charge in [0.25, 0.3) is 5.91 Å². The number of hydrogen-bond acceptors (Lipinski definition) is 3. The molecule has 1 aromatic heterocycles. The minimum Gasteiger partial charge on any atom is -0.350 e. The van der Waals surface area contributed by atoms with Gasteiger partial charge in [-0.1, -0.05) is 18.2 Å². The number of aryl methyl sites for hydroxylation is 1. The molecule has 0 bridgehead atoms. The first kappa shape index (κ1) is 15.6. The SMILES string of the molecule is CCN1C(=O)[C@@]2(CN(C)C[C@@H]2c2cn(C)c3ccccc23)NC1=S. The van der Waals surface area contributed by atoms with Crippen LogP contribution in [0.4, 0.5) is 0 Å². The Hall–Kier alpha value is -1.92. The third-order valence-corrected chi connectivity index (χ3v) is 5.75. The maximum absolute atomic E-state index is 13.2. The molecule has 0 aliphatic carbocycles. The first-order valence-electron chi connectivity index (χ1n) is 8.34. The number of amides is 1. The van der Waals surface area contributed by atoms with Crippen molar-refractivity contribution in [2.24, 2.45) is 7.05 Å². The standard InChI is InChI=1S/C18H22N4OS/c1-4-22-16(23)18(19-17(22)24)11-20(2)10-14(18)13-9-21(3)15-8-6-5-7-12(13)15/h5-9,14H,4,10-11H2,1-3H3,(H,19,24)/t14-,18+/m1/s1. The summed E-state index contributed by atoms with van der Waals surface area (Å²) in [5.41, 5.74) is 1.77. The van der Waals surface area contributed by atoms with Crippen molar-refractivity contribution in [2.75, 3.05) is 26.7 Å². The number of rotatable bonds is 2. The summed E-state index contributed by atoms with van der Waals surface area (Å²) in [6.07, 6.45) is 2.17. The number of thiocarbonyl (C=S) groups is 1. The topological polar surface area (TPSA) is 40.5 Å². The molecular formula is C18H22N4OS. The third kappa shape index (κ3) is 1.96. The van der Waals surface area contributed by atoms with Gasteiger partial charge < -0.3 is 14.8 Å². The fourth-order valence-electron chi connectivity index (χ4n) is 4.36. The van der Waals surface area contributed by atoms with Gasteiger partial charge in [0.2, 0.25) is 0 Å². The number of aromatic nitrogens is 1. The molecule has 5 nitrogen and oxygen atoms in total. The van der Waals surface area contributed by atoms with E-state index in [1.165, 1.54) is 16.5 Å². The molecule has 2 fully saturated rings. The largest absolute Gasteiger partial charge is 0.350 e. The van der Waals surface area contributed by atoms with Crippen LogP contribution in [0.25, 0.3) is 10.9 Å². The summed E-state index contributed by atoms with van der Waals surface area (Å²) in [6, 6.07) is 8.38. The van der Waals surface area contributed by atoms with Crippen molar-refractivity contribution in [3.8, 4) is 0 Å². The summed E-state index contributed by atoms with van der Waals surface area (Å²) < 4.78 is 2.14. The van der Waals surface area contributed by atoms with Crippen LogP contribution in [0.15, 0.2) is 30.5 Å². The minimum absolute atomic E-state index is 0.0793. The molecule has 0 unspecified atom stereocenters. The molecule has 4 rings (SSSR count). The predicted molar refractivity (Wildman–Crippen MR) is 99.0 cm³/mol. The van der Waals surface area contributed by atoms with E-state index in [0.717, 1.165) is 6.54 Å². The summed E-state index contributed by atoms with van der Waals surface area (Å²) in [5.74, 6) is 0.188. The molecular weight excluding hydrogens is 320 g/mol. The van der Waals surface area contributed by atoms with Gasteiger partial charge in [0.1, 0.15) is 5.54 Å². The lowest BCUT2D eigenvalue weighted by atomic mass is 9.81. The van der Waals surface area contributed by atoms with Gasteiger partial charge in [-0.25, -0.2) is 0 Å². The number of benzene rings is 1. The molecule has 1 spiro atoms. The highest BCUT2D eigenvalue weighted by Crippen LogP contribution is 2.42. The molecule has 24 heavy (non-hydrogen) atoms. The molecule has 126 valence electrons. The maximum Gasteiger partial charge on any atom is 0.256 e. The lowest BCUT2D eigenvalue weighted by molar-refractivity contribution is -0.130. The number of carbonyl (C=O) groups excluding carboxylic acids is 1. The summed E-state index contributed by atoms with van der Waals surface area (Å²) in [4.78, 5) is 17.1. The van der Waals surface area contributed by atoms with Crippen molar-refractivity contribution in [3.63, 3.8) is 0 Å². The van der Waals surface area contributed by atoms with Gasteiger partial charge in [-0.15, -0.1) is 0 Å². The first-order valence-corrected chi connectivity index (χ1v) is 8.75. The van der Waals surface area contributed by atoms with Crippen LogP contribution in [0.5, 0.6) is 0 Å². The van der Waals surface area contributed by atoms with Crippen LogP contribution in [0.3, 0.4) is 0 Å². The highest BCUT2D eigenvalue weighted by Gasteiger charge is 2.58. The van der Waals surface area contributed by atoms with Crippen LogP contribution in [-0.2, 0) is 11.8 Å². The Bertz CT molecular complexity index is 845. The van der Waals surface area contributed by atoms with E-state index >= 15 is 0 Å². The van der Waals surface area contributed by atoms with Gasteiger partial charge >= 0.3 is 0 Å². The van der Waals surface area contributed by atoms with Crippen molar-refractivity contribution in [1.82, 2.24) is 19.7 Å². The van der Waals surface area contributed by atoms with Gasteiger partial charge in [0, 0.05) is 49.7 Å². The van der Waals surface area contributed by atoms with Gasteiger partial charge in [-0.2, -0.15) is 0 Å². The Morgan fingerprint density at radius 3 is 2.79 bits per heavy atom. The Kier molecular flexibility index (Phi) is 3.44. The van der Waals surface area contributed by atoms with Crippen molar-refractivity contribution >= 4 is 34.1 Å². The second-order valence-electron chi connectivity index (χ2n) is 6.91. The zero-order valence-corrected chi connectivity index (χ0v) is 15.1. The van der Waals surface area contributed by atoms with Crippen LogP contribution in [0.1, 0.15) is 18.4 Å². The monoisotopic (exact) mass is 342 g/mol. The fourth-order valence-corrected chi connectivity index (χ4v) is 4.75. The number of para-hydroxylation sites is 1. The normalized spacial score (nSPS) is 27.6. The average Bonchev–Trinajstić information content (AvgIpc) is 3.14. The van der Waals surface area contributed by atoms with Crippen LogP contribution in [0, 0.1) is 0 Å². The first-order chi connectivity index (χ1) is 11.5. The average molecular weight is 342 g/mol. The molecule has 3 heterocycles. The van der Waals surface area contributed by atoms with E-state index in [0.29, 0.717) is 18.2 Å². The van der Waals surface area contributed by atoms with E-state index in [2.05, 4.69) is 59.3 Å². The Morgan fingerprint density at radius 1 is 1.33 bits per heavy atom. The van der Waals surface area contributed by atoms with Gasteiger partial charge in [0.05, 0.1) is 0 Å².